The molecule has 1 aliphatic heterocycles. The van der Waals surface area contributed by atoms with E-state index in [9.17, 15) is 8.42 Å². The van der Waals surface area contributed by atoms with Crippen molar-refractivity contribution >= 4 is 26.5 Å². The highest BCUT2D eigenvalue weighted by Gasteiger charge is 2.17. The van der Waals surface area contributed by atoms with Gasteiger partial charge in [-0.25, -0.2) is 13.4 Å². The maximum atomic E-state index is 11.8. The fourth-order valence-corrected chi connectivity index (χ4v) is 3.89. The molecule has 0 spiro atoms. The molecule has 1 atom stereocenters. The molecule has 5 nitrogen and oxygen atoms in total. The van der Waals surface area contributed by atoms with Gasteiger partial charge in [0.25, 0.3) is 0 Å². The van der Waals surface area contributed by atoms with Crippen molar-refractivity contribution in [3.05, 3.63) is 11.6 Å². The Morgan fingerprint density at radius 1 is 1.53 bits per heavy atom. The van der Waals surface area contributed by atoms with Crippen LogP contribution in [0.2, 0.25) is 0 Å². The maximum Gasteiger partial charge on any atom is 0.234 e. The number of rotatable bonds is 5. The fraction of sp³-hybridized carbons (Fsp3) is 0.700. The van der Waals surface area contributed by atoms with Crippen molar-refractivity contribution in [3.8, 4) is 0 Å². The van der Waals surface area contributed by atoms with Gasteiger partial charge in [0.05, 0.1) is 5.75 Å². The standard InChI is InChI=1S/C10H17N3O2S2/c14-17(15,13-10-12-6-7-16-10)8-4-9-3-1-2-5-11-9/h6-7,9,11H,1-5,8H2,(H,12,13). The molecule has 17 heavy (non-hydrogen) atoms. The monoisotopic (exact) mass is 275 g/mol. The van der Waals surface area contributed by atoms with Crippen molar-refractivity contribution < 1.29 is 8.42 Å². The van der Waals surface area contributed by atoms with Crippen molar-refractivity contribution in [1.82, 2.24) is 10.3 Å². The van der Waals surface area contributed by atoms with Gasteiger partial charge in [-0.1, -0.05) is 6.42 Å². The Kier molecular flexibility index (Phi) is 4.36. The average molecular weight is 275 g/mol. The Labute approximate surface area is 106 Å². The fourth-order valence-electron chi connectivity index (χ4n) is 1.93. The highest BCUT2D eigenvalue weighted by Crippen LogP contribution is 2.15. The van der Waals surface area contributed by atoms with Crippen molar-refractivity contribution in [2.24, 2.45) is 0 Å². The summed E-state index contributed by atoms with van der Waals surface area (Å²) in [5, 5.41) is 5.54. The van der Waals surface area contributed by atoms with E-state index in [1.54, 1.807) is 11.6 Å². The Hall–Kier alpha value is -0.660. The van der Waals surface area contributed by atoms with Gasteiger partial charge in [0, 0.05) is 17.6 Å². The SMILES string of the molecule is O=S(=O)(CCC1CCCCN1)Nc1nccs1. The highest BCUT2D eigenvalue weighted by molar-refractivity contribution is 7.92. The molecule has 1 fully saturated rings. The third kappa shape index (κ3) is 4.25. The van der Waals surface area contributed by atoms with E-state index in [4.69, 9.17) is 0 Å². The van der Waals surface area contributed by atoms with Crippen LogP contribution in [0.3, 0.4) is 0 Å². The smallest absolute Gasteiger partial charge is 0.234 e. The third-order valence-corrected chi connectivity index (χ3v) is 4.92. The summed E-state index contributed by atoms with van der Waals surface area (Å²) in [6, 6.07) is 0.344. The molecular weight excluding hydrogens is 258 g/mol. The van der Waals surface area contributed by atoms with Gasteiger partial charge in [-0.3, -0.25) is 4.72 Å². The molecule has 7 heteroatoms. The summed E-state index contributed by atoms with van der Waals surface area (Å²) in [4.78, 5) is 3.91. The number of nitrogens with one attached hydrogen (secondary N) is 2. The lowest BCUT2D eigenvalue weighted by atomic mass is 10.0. The second-order valence-corrected chi connectivity index (χ2v) is 6.93. The molecule has 2 N–H and O–H groups in total. The molecule has 2 heterocycles. The summed E-state index contributed by atoms with van der Waals surface area (Å²) in [7, 11) is -3.25. The maximum absolute atomic E-state index is 11.8. The molecule has 96 valence electrons. The molecule has 0 amide bonds. The molecular formula is C10H17N3O2S2. The van der Waals surface area contributed by atoms with E-state index in [1.807, 2.05) is 0 Å². The number of sulfonamides is 1. The summed E-state index contributed by atoms with van der Waals surface area (Å²) in [6.07, 6.45) is 5.72. The van der Waals surface area contributed by atoms with E-state index in [2.05, 4.69) is 15.0 Å². The summed E-state index contributed by atoms with van der Waals surface area (Å²) in [5.41, 5.74) is 0. The van der Waals surface area contributed by atoms with Crippen LogP contribution in [0.5, 0.6) is 0 Å². The number of hydrogen-bond acceptors (Lipinski definition) is 5. The van der Waals surface area contributed by atoms with E-state index in [1.165, 1.54) is 24.2 Å². The van der Waals surface area contributed by atoms with Crippen LogP contribution in [-0.4, -0.2) is 31.7 Å². The molecule has 0 aromatic carbocycles. The van der Waals surface area contributed by atoms with E-state index >= 15 is 0 Å². The second-order valence-electron chi connectivity index (χ2n) is 4.19. The van der Waals surface area contributed by atoms with Crippen molar-refractivity contribution in [2.75, 3.05) is 17.0 Å². The lowest BCUT2D eigenvalue weighted by Gasteiger charge is -2.23. The zero-order chi connectivity index (χ0) is 12.1. The molecule has 1 unspecified atom stereocenters. The highest BCUT2D eigenvalue weighted by atomic mass is 32.2. The van der Waals surface area contributed by atoms with E-state index in [0.29, 0.717) is 17.6 Å². The quantitative estimate of drug-likeness (QED) is 0.852. The minimum Gasteiger partial charge on any atom is -0.314 e. The van der Waals surface area contributed by atoms with Crippen LogP contribution < -0.4 is 10.0 Å². The van der Waals surface area contributed by atoms with Gasteiger partial charge in [-0.05, 0) is 25.8 Å². The van der Waals surface area contributed by atoms with Crippen LogP contribution in [0, 0.1) is 0 Å². The largest absolute Gasteiger partial charge is 0.314 e. The molecule has 1 aromatic rings. The second kappa shape index (κ2) is 5.79. The van der Waals surface area contributed by atoms with Gasteiger partial charge in [0.15, 0.2) is 5.13 Å². The topological polar surface area (TPSA) is 71.1 Å². The molecule has 1 aromatic heterocycles. The average Bonchev–Trinajstić information content (AvgIpc) is 2.80. The summed E-state index contributed by atoms with van der Waals surface area (Å²) >= 11 is 1.29. The molecule has 0 aliphatic carbocycles. The van der Waals surface area contributed by atoms with Gasteiger partial charge >= 0.3 is 0 Å². The first kappa shape index (κ1) is 12.8. The first-order valence-corrected chi connectivity index (χ1v) is 8.32. The molecule has 2 rings (SSSR count). The molecule has 0 saturated carbocycles. The van der Waals surface area contributed by atoms with Gasteiger partial charge < -0.3 is 5.32 Å². The first-order chi connectivity index (χ1) is 8.16. The van der Waals surface area contributed by atoms with Crippen LogP contribution >= 0.6 is 11.3 Å². The Morgan fingerprint density at radius 2 is 2.41 bits per heavy atom. The lowest BCUT2D eigenvalue weighted by molar-refractivity contribution is 0.393. The molecule has 0 bridgehead atoms. The predicted octanol–water partition coefficient (Wildman–Crippen LogP) is 1.42. The van der Waals surface area contributed by atoms with Gasteiger partial charge in [0.2, 0.25) is 10.0 Å². The van der Waals surface area contributed by atoms with Gasteiger partial charge in [-0.2, -0.15) is 0 Å². The van der Waals surface area contributed by atoms with Crippen molar-refractivity contribution in [3.63, 3.8) is 0 Å². The van der Waals surface area contributed by atoms with E-state index < -0.39 is 10.0 Å². The minimum atomic E-state index is -3.25. The van der Waals surface area contributed by atoms with Crippen LogP contribution in [0.4, 0.5) is 5.13 Å². The Balaban J connectivity index is 1.80. The zero-order valence-electron chi connectivity index (χ0n) is 9.55. The van der Waals surface area contributed by atoms with E-state index in [-0.39, 0.29) is 5.75 Å². The summed E-state index contributed by atoms with van der Waals surface area (Å²) < 4.78 is 26.0. The predicted molar refractivity (Wildman–Crippen MR) is 69.8 cm³/mol. The Bertz CT molecular complexity index is 424. The number of aromatic nitrogens is 1. The molecule has 0 radical (unpaired) electrons. The summed E-state index contributed by atoms with van der Waals surface area (Å²) in [5.74, 6) is 0.157. The lowest BCUT2D eigenvalue weighted by Crippen LogP contribution is -2.36. The van der Waals surface area contributed by atoms with Crippen molar-refractivity contribution in [1.29, 1.82) is 0 Å². The summed E-state index contributed by atoms with van der Waals surface area (Å²) in [6.45, 7) is 1.00. The van der Waals surface area contributed by atoms with Crippen molar-refractivity contribution in [2.45, 2.75) is 31.7 Å². The zero-order valence-corrected chi connectivity index (χ0v) is 11.2. The number of hydrogen-bond donors (Lipinski definition) is 2. The van der Waals surface area contributed by atoms with Gasteiger partial charge in [-0.15, -0.1) is 11.3 Å². The van der Waals surface area contributed by atoms with E-state index in [0.717, 1.165) is 13.0 Å². The number of nitrogens with zero attached hydrogens (tertiary/aromatic N) is 1. The number of piperidine rings is 1. The first-order valence-electron chi connectivity index (χ1n) is 5.79. The van der Waals surface area contributed by atoms with Crippen LogP contribution in [0.25, 0.3) is 0 Å². The van der Waals surface area contributed by atoms with Crippen LogP contribution in [0.15, 0.2) is 11.6 Å². The number of thiazole rings is 1. The third-order valence-electron chi connectivity index (χ3n) is 2.82. The molecule has 1 aliphatic rings. The van der Waals surface area contributed by atoms with Gasteiger partial charge in [0.1, 0.15) is 0 Å². The van der Waals surface area contributed by atoms with Crippen LogP contribution in [0.1, 0.15) is 25.7 Å². The number of anilines is 1. The minimum absolute atomic E-state index is 0.157. The molecule has 1 saturated heterocycles. The normalized spacial score (nSPS) is 21.3. The van der Waals surface area contributed by atoms with Crippen LogP contribution in [-0.2, 0) is 10.0 Å². The Morgan fingerprint density at radius 3 is 3.06 bits per heavy atom.